The van der Waals surface area contributed by atoms with Gasteiger partial charge in [-0.1, -0.05) is 17.7 Å². The molecule has 110 valence electrons. The van der Waals surface area contributed by atoms with Gasteiger partial charge in [0.2, 0.25) is 0 Å². The minimum Gasteiger partial charge on any atom is -0.339 e. The molecule has 1 amide bonds. The zero-order valence-electron chi connectivity index (χ0n) is 10.4. The Kier molecular flexibility index (Phi) is 4.64. The van der Waals surface area contributed by atoms with Crippen molar-refractivity contribution in [2.45, 2.75) is 19.0 Å². The van der Waals surface area contributed by atoms with Crippen molar-refractivity contribution >= 4 is 33.4 Å². The summed E-state index contributed by atoms with van der Waals surface area (Å²) >= 11 is 9.26. The molecule has 20 heavy (non-hydrogen) atoms. The Balaban J connectivity index is 2.07. The van der Waals surface area contributed by atoms with Crippen molar-refractivity contribution in [3.63, 3.8) is 0 Å². The van der Waals surface area contributed by atoms with E-state index in [0.717, 1.165) is 0 Å². The molecule has 1 saturated heterocycles. The first-order valence-electron chi connectivity index (χ1n) is 6.10. The first-order chi connectivity index (χ1) is 9.30. The largest absolute Gasteiger partial charge is 0.391 e. The molecule has 0 saturated carbocycles. The van der Waals surface area contributed by atoms with Crippen molar-refractivity contribution < 1.29 is 18.0 Å². The Bertz CT molecular complexity index is 513. The van der Waals surface area contributed by atoms with Crippen LogP contribution in [-0.2, 0) is 0 Å². The molecule has 1 aromatic carbocycles. The van der Waals surface area contributed by atoms with E-state index in [1.54, 1.807) is 18.2 Å². The first-order valence-corrected chi connectivity index (χ1v) is 7.28. The SMILES string of the molecule is O=C(c1cccc(Br)c1Cl)N1CCC(C(F)(F)F)CC1. The molecule has 0 N–H and O–H groups in total. The molecule has 1 aromatic rings. The minimum absolute atomic E-state index is 0.0547. The molecule has 1 aliphatic rings. The van der Waals surface area contributed by atoms with Gasteiger partial charge in [0, 0.05) is 17.6 Å². The molecular formula is C13H12BrClF3NO. The van der Waals surface area contributed by atoms with Crippen molar-refractivity contribution in [2.75, 3.05) is 13.1 Å². The molecule has 1 aliphatic heterocycles. The van der Waals surface area contributed by atoms with Crippen LogP contribution < -0.4 is 0 Å². The molecule has 0 spiro atoms. The number of hydrogen-bond donors (Lipinski definition) is 0. The number of alkyl halides is 3. The minimum atomic E-state index is -4.18. The number of amides is 1. The molecule has 2 rings (SSSR count). The van der Waals surface area contributed by atoms with Gasteiger partial charge >= 0.3 is 6.18 Å². The van der Waals surface area contributed by atoms with Crippen LogP contribution in [0.5, 0.6) is 0 Å². The monoisotopic (exact) mass is 369 g/mol. The molecule has 0 radical (unpaired) electrons. The second kappa shape index (κ2) is 5.93. The van der Waals surface area contributed by atoms with Gasteiger partial charge in [-0.25, -0.2) is 0 Å². The summed E-state index contributed by atoms with van der Waals surface area (Å²) in [5.41, 5.74) is 0.312. The Labute approximate surface area is 128 Å². The summed E-state index contributed by atoms with van der Waals surface area (Å²) in [6, 6.07) is 4.95. The lowest BCUT2D eigenvalue weighted by molar-refractivity contribution is -0.183. The molecule has 0 unspecified atom stereocenters. The fourth-order valence-electron chi connectivity index (χ4n) is 2.25. The van der Waals surface area contributed by atoms with Gasteiger partial charge in [0.1, 0.15) is 0 Å². The highest BCUT2D eigenvalue weighted by molar-refractivity contribution is 9.10. The number of benzene rings is 1. The fourth-order valence-corrected chi connectivity index (χ4v) is 2.82. The zero-order valence-corrected chi connectivity index (χ0v) is 12.7. The van der Waals surface area contributed by atoms with Gasteiger partial charge in [0.15, 0.2) is 0 Å². The molecule has 0 aromatic heterocycles. The summed E-state index contributed by atoms with van der Waals surface area (Å²) < 4.78 is 38.3. The summed E-state index contributed by atoms with van der Waals surface area (Å²) in [6.45, 7) is 0.206. The summed E-state index contributed by atoms with van der Waals surface area (Å²) in [7, 11) is 0. The molecule has 0 atom stereocenters. The Hall–Kier alpha value is -0.750. The third kappa shape index (κ3) is 3.28. The molecular weight excluding hydrogens is 359 g/mol. The Morgan fingerprint density at radius 3 is 2.45 bits per heavy atom. The lowest BCUT2D eigenvalue weighted by Crippen LogP contribution is -2.42. The number of carbonyl (C=O) groups excluding carboxylic acids is 1. The Morgan fingerprint density at radius 1 is 1.30 bits per heavy atom. The predicted molar refractivity (Wildman–Crippen MR) is 73.8 cm³/mol. The van der Waals surface area contributed by atoms with Gasteiger partial charge < -0.3 is 4.90 Å². The maximum atomic E-state index is 12.6. The van der Waals surface area contributed by atoms with Crippen molar-refractivity contribution in [1.29, 1.82) is 0 Å². The number of hydrogen-bond acceptors (Lipinski definition) is 1. The quantitative estimate of drug-likeness (QED) is 0.712. The van der Waals surface area contributed by atoms with E-state index in [2.05, 4.69) is 15.9 Å². The second-order valence-electron chi connectivity index (χ2n) is 4.71. The highest BCUT2D eigenvalue weighted by Crippen LogP contribution is 2.35. The highest BCUT2D eigenvalue weighted by Gasteiger charge is 2.41. The molecule has 1 fully saturated rings. The lowest BCUT2D eigenvalue weighted by atomic mass is 9.96. The summed E-state index contributed by atoms with van der Waals surface area (Å²) in [5, 5.41) is 0.287. The molecule has 1 heterocycles. The van der Waals surface area contributed by atoms with Gasteiger partial charge in [-0.15, -0.1) is 0 Å². The van der Waals surface area contributed by atoms with Crippen LogP contribution in [0, 0.1) is 5.92 Å². The maximum absolute atomic E-state index is 12.6. The van der Waals surface area contributed by atoms with Crippen molar-refractivity contribution in [3.05, 3.63) is 33.3 Å². The summed E-state index contributed by atoms with van der Waals surface area (Å²) in [5.74, 6) is -1.64. The smallest absolute Gasteiger partial charge is 0.339 e. The fraction of sp³-hybridized carbons (Fsp3) is 0.462. The van der Waals surface area contributed by atoms with Crippen LogP contribution in [0.15, 0.2) is 22.7 Å². The van der Waals surface area contributed by atoms with Gasteiger partial charge in [-0.2, -0.15) is 13.2 Å². The first kappa shape index (κ1) is 15.6. The van der Waals surface area contributed by atoms with Crippen molar-refractivity contribution in [3.8, 4) is 0 Å². The van der Waals surface area contributed by atoms with E-state index < -0.39 is 12.1 Å². The second-order valence-corrected chi connectivity index (χ2v) is 5.94. The van der Waals surface area contributed by atoms with E-state index in [0.29, 0.717) is 10.0 Å². The van der Waals surface area contributed by atoms with Crippen LogP contribution in [0.4, 0.5) is 13.2 Å². The van der Waals surface area contributed by atoms with Crippen molar-refractivity contribution in [2.24, 2.45) is 5.92 Å². The maximum Gasteiger partial charge on any atom is 0.391 e. The standard InChI is InChI=1S/C13H12BrClF3NO/c14-10-3-1-2-9(11(10)15)12(20)19-6-4-8(5-7-19)13(16,17)18/h1-3,8H,4-7H2. The average molecular weight is 371 g/mol. The van der Waals surface area contributed by atoms with Crippen LogP contribution in [0.1, 0.15) is 23.2 Å². The van der Waals surface area contributed by atoms with Gasteiger partial charge in [-0.3, -0.25) is 4.79 Å². The number of nitrogens with zero attached hydrogens (tertiary/aromatic N) is 1. The van der Waals surface area contributed by atoms with Gasteiger partial charge in [0.25, 0.3) is 5.91 Å². The molecule has 2 nitrogen and oxygen atoms in total. The van der Waals surface area contributed by atoms with E-state index >= 15 is 0 Å². The van der Waals surface area contributed by atoms with Crippen LogP contribution in [0.2, 0.25) is 5.02 Å². The van der Waals surface area contributed by atoms with E-state index in [-0.39, 0.29) is 36.9 Å². The van der Waals surface area contributed by atoms with Crippen LogP contribution in [0.3, 0.4) is 0 Å². The number of carbonyl (C=O) groups is 1. The third-order valence-corrected chi connectivity index (χ3v) is 4.72. The Morgan fingerprint density at radius 2 is 1.90 bits per heavy atom. The molecule has 7 heteroatoms. The molecule has 0 bridgehead atoms. The van der Waals surface area contributed by atoms with E-state index in [9.17, 15) is 18.0 Å². The average Bonchev–Trinajstić information content (AvgIpc) is 2.40. The van der Waals surface area contributed by atoms with Gasteiger partial charge in [0.05, 0.1) is 16.5 Å². The third-order valence-electron chi connectivity index (χ3n) is 3.43. The number of likely N-dealkylation sites (tertiary alicyclic amines) is 1. The lowest BCUT2D eigenvalue weighted by Gasteiger charge is -2.33. The highest BCUT2D eigenvalue weighted by atomic mass is 79.9. The van der Waals surface area contributed by atoms with E-state index in [1.165, 1.54) is 4.90 Å². The normalized spacial score (nSPS) is 17.4. The topological polar surface area (TPSA) is 20.3 Å². The summed E-state index contributed by atoms with van der Waals surface area (Å²) in [6.07, 6.45) is -4.29. The molecule has 0 aliphatic carbocycles. The van der Waals surface area contributed by atoms with E-state index in [1.807, 2.05) is 0 Å². The predicted octanol–water partition coefficient (Wildman–Crippen LogP) is 4.52. The summed E-state index contributed by atoms with van der Waals surface area (Å²) in [4.78, 5) is 13.7. The number of halogens is 5. The van der Waals surface area contributed by atoms with Crippen LogP contribution in [0.25, 0.3) is 0 Å². The van der Waals surface area contributed by atoms with Crippen LogP contribution in [-0.4, -0.2) is 30.1 Å². The zero-order chi connectivity index (χ0) is 14.9. The number of piperidine rings is 1. The number of rotatable bonds is 1. The van der Waals surface area contributed by atoms with Crippen molar-refractivity contribution in [1.82, 2.24) is 4.90 Å². The van der Waals surface area contributed by atoms with Crippen LogP contribution >= 0.6 is 27.5 Å². The van der Waals surface area contributed by atoms with Gasteiger partial charge in [-0.05, 0) is 40.9 Å². The van der Waals surface area contributed by atoms with E-state index in [4.69, 9.17) is 11.6 Å².